The van der Waals surface area contributed by atoms with Crippen molar-refractivity contribution in [2.45, 2.75) is 88.9 Å². The molecule has 1 N–H and O–H groups in total. The summed E-state index contributed by atoms with van der Waals surface area (Å²) in [5.41, 5.74) is 2.61. The Hall–Kier alpha value is -2.02. The Bertz CT molecular complexity index is 839. The van der Waals surface area contributed by atoms with Crippen molar-refractivity contribution >= 4 is 11.8 Å². The number of carbonyl (C=O) groups is 2. The summed E-state index contributed by atoms with van der Waals surface area (Å²) in [6, 6.07) is 8.79. The maximum atomic E-state index is 13.1. The molecule has 0 aromatic heterocycles. The first-order chi connectivity index (χ1) is 17.1. The van der Waals surface area contributed by atoms with Crippen LogP contribution < -0.4 is 0 Å². The fraction of sp³-hybridized carbons (Fsp3) is 0.655. The first-order valence-corrected chi connectivity index (χ1v) is 13.5. The van der Waals surface area contributed by atoms with Gasteiger partial charge >= 0.3 is 5.97 Å². The third-order valence-corrected chi connectivity index (χ3v) is 7.91. The van der Waals surface area contributed by atoms with Crippen LogP contribution in [0.2, 0.25) is 0 Å². The first-order valence-electron chi connectivity index (χ1n) is 13.5. The molecule has 0 spiro atoms. The highest BCUT2D eigenvalue weighted by molar-refractivity contribution is 5.87. The number of carboxylic acids is 1. The fourth-order valence-electron chi connectivity index (χ4n) is 5.97. The molecule has 6 nitrogen and oxygen atoms in total. The van der Waals surface area contributed by atoms with Crippen LogP contribution in [0.1, 0.15) is 81.3 Å². The number of hydrogen-bond donors (Lipinski definition) is 1. The number of carbonyl (C=O) groups excluding carboxylic acids is 1. The zero-order valence-corrected chi connectivity index (χ0v) is 20.9. The summed E-state index contributed by atoms with van der Waals surface area (Å²) in [7, 11) is 0. The van der Waals surface area contributed by atoms with Gasteiger partial charge in [0, 0.05) is 31.8 Å². The molecule has 2 saturated carbocycles. The Morgan fingerprint density at radius 3 is 2.54 bits per heavy atom. The third-order valence-electron chi connectivity index (χ3n) is 7.91. The standard InChI is InChI=1S/C29H41NO5/c31-26-20-27(35-21-22-12-14-24(15-13-22)23-8-4-3-5-9-23)25(10-6-1-2-7-11-28(32)33)29(26)30-16-18-34-19-17-30/h1,6,12-15,23,25,27,29H,2-5,7-11,16-21H2,(H,32,33)/b6-1+. The lowest BCUT2D eigenvalue weighted by molar-refractivity contribution is -0.137. The van der Waals surface area contributed by atoms with E-state index in [0.29, 0.717) is 38.6 Å². The van der Waals surface area contributed by atoms with E-state index in [2.05, 4.69) is 41.3 Å². The maximum Gasteiger partial charge on any atom is 0.303 e. The molecule has 1 heterocycles. The van der Waals surface area contributed by atoms with Gasteiger partial charge in [-0.2, -0.15) is 0 Å². The molecule has 1 saturated heterocycles. The van der Waals surface area contributed by atoms with E-state index in [1.807, 2.05) is 0 Å². The van der Waals surface area contributed by atoms with E-state index in [9.17, 15) is 9.59 Å². The molecule has 1 aliphatic heterocycles. The summed E-state index contributed by atoms with van der Waals surface area (Å²) in [5.74, 6) is 0.325. The van der Waals surface area contributed by atoms with Crippen molar-refractivity contribution in [3.8, 4) is 0 Å². The normalized spacial score (nSPS) is 26.5. The van der Waals surface area contributed by atoms with E-state index >= 15 is 0 Å². The molecule has 0 bridgehead atoms. The predicted molar refractivity (Wildman–Crippen MR) is 135 cm³/mol. The first kappa shape index (κ1) is 26.1. The number of Topliss-reactive ketones (excluding diaryl/α,β-unsaturated/α-hetero) is 1. The molecule has 35 heavy (non-hydrogen) atoms. The van der Waals surface area contributed by atoms with Gasteiger partial charge in [0.25, 0.3) is 0 Å². The van der Waals surface area contributed by atoms with Gasteiger partial charge in [0.05, 0.1) is 32.0 Å². The number of ketones is 1. The van der Waals surface area contributed by atoms with E-state index in [0.717, 1.165) is 31.5 Å². The highest BCUT2D eigenvalue weighted by Crippen LogP contribution is 2.35. The SMILES string of the molecule is O=C(O)CCC/C=C/CC1C(OCc2ccc(C3CCCCC3)cc2)CC(=O)C1N1CCOCC1. The van der Waals surface area contributed by atoms with Crippen LogP contribution in [0, 0.1) is 5.92 Å². The molecule has 0 radical (unpaired) electrons. The van der Waals surface area contributed by atoms with Crippen LogP contribution in [0.3, 0.4) is 0 Å². The Labute approximate surface area is 209 Å². The number of carboxylic acid groups (broad SMARTS) is 1. The second-order valence-electron chi connectivity index (χ2n) is 10.3. The minimum Gasteiger partial charge on any atom is -0.481 e. The number of hydrogen-bond acceptors (Lipinski definition) is 5. The molecule has 1 aromatic rings. The van der Waals surface area contributed by atoms with Gasteiger partial charge in [-0.3, -0.25) is 14.5 Å². The Balaban J connectivity index is 1.36. The molecular formula is C29H41NO5. The van der Waals surface area contributed by atoms with Crippen LogP contribution >= 0.6 is 0 Å². The smallest absolute Gasteiger partial charge is 0.303 e. The molecule has 3 unspecified atom stereocenters. The average molecular weight is 484 g/mol. The van der Waals surface area contributed by atoms with Crippen LogP contribution in [0.5, 0.6) is 0 Å². The summed E-state index contributed by atoms with van der Waals surface area (Å²) < 4.78 is 11.9. The number of ether oxygens (including phenoxy) is 2. The molecule has 1 aromatic carbocycles. The number of nitrogens with zero attached hydrogens (tertiary/aromatic N) is 1. The summed E-state index contributed by atoms with van der Waals surface area (Å²) >= 11 is 0. The number of allylic oxidation sites excluding steroid dienone is 2. The van der Waals surface area contributed by atoms with Gasteiger partial charge in [0.2, 0.25) is 0 Å². The van der Waals surface area contributed by atoms with Crippen molar-refractivity contribution < 1.29 is 24.2 Å². The quantitative estimate of drug-likeness (QED) is 0.348. The molecule has 4 rings (SSSR count). The summed E-state index contributed by atoms with van der Waals surface area (Å²) in [5, 5.41) is 8.83. The van der Waals surface area contributed by atoms with Crippen molar-refractivity contribution in [2.24, 2.45) is 5.92 Å². The molecule has 3 aliphatic rings. The Morgan fingerprint density at radius 2 is 1.83 bits per heavy atom. The molecule has 2 aliphatic carbocycles. The molecule has 6 heteroatoms. The Morgan fingerprint density at radius 1 is 1.09 bits per heavy atom. The lowest BCUT2D eigenvalue weighted by Gasteiger charge is -2.35. The van der Waals surface area contributed by atoms with Crippen LogP contribution in [-0.4, -0.2) is 60.2 Å². The van der Waals surface area contributed by atoms with Gasteiger partial charge in [-0.15, -0.1) is 0 Å². The largest absolute Gasteiger partial charge is 0.481 e. The lowest BCUT2D eigenvalue weighted by atomic mass is 9.84. The van der Waals surface area contributed by atoms with Gasteiger partial charge in [-0.1, -0.05) is 55.7 Å². The zero-order chi connectivity index (χ0) is 24.5. The van der Waals surface area contributed by atoms with Crippen LogP contribution in [0.15, 0.2) is 36.4 Å². The van der Waals surface area contributed by atoms with Gasteiger partial charge in [0.1, 0.15) is 0 Å². The van der Waals surface area contributed by atoms with E-state index in [4.69, 9.17) is 14.6 Å². The lowest BCUT2D eigenvalue weighted by Crippen LogP contribution is -2.49. The topological polar surface area (TPSA) is 76.1 Å². The van der Waals surface area contributed by atoms with Gasteiger partial charge in [0.15, 0.2) is 5.78 Å². The maximum absolute atomic E-state index is 13.1. The fourth-order valence-corrected chi connectivity index (χ4v) is 5.97. The van der Waals surface area contributed by atoms with Crippen LogP contribution in [0.25, 0.3) is 0 Å². The monoisotopic (exact) mass is 483 g/mol. The molecule has 0 amide bonds. The van der Waals surface area contributed by atoms with E-state index in [-0.39, 0.29) is 30.3 Å². The van der Waals surface area contributed by atoms with Crippen molar-refractivity contribution in [3.05, 3.63) is 47.5 Å². The number of rotatable bonds is 11. The van der Waals surface area contributed by atoms with E-state index in [1.165, 1.54) is 37.7 Å². The van der Waals surface area contributed by atoms with Gasteiger partial charge in [-0.25, -0.2) is 0 Å². The second kappa shape index (κ2) is 13.3. The van der Waals surface area contributed by atoms with Crippen molar-refractivity contribution in [1.82, 2.24) is 4.90 Å². The number of aliphatic carboxylic acids is 1. The zero-order valence-electron chi connectivity index (χ0n) is 20.9. The molecule has 3 fully saturated rings. The summed E-state index contributed by atoms with van der Waals surface area (Å²) in [4.78, 5) is 26.1. The van der Waals surface area contributed by atoms with Crippen LogP contribution in [0.4, 0.5) is 0 Å². The highest BCUT2D eigenvalue weighted by Gasteiger charge is 2.45. The summed E-state index contributed by atoms with van der Waals surface area (Å²) in [6.07, 6.45) is 13.5. The van der Waals surface area contributed by atoms with Crippen molar-refractivity contribution in [3.63, 3.8) is 0 Å². The number of benzene rings is 1. The number of unbranched alkanes of at least 4 members (excludes halogenated alkanes) is 1. The molecular weight excluding hydrogens is 442 g/mol. The van der Waals surface area contributed by atoms with Crippen molar-refractivity contribution in [2.75, 3.05) is 26.3 Å². The second-order valence-corrected chi connectivity index (χ2v) is 10.3. The number of morpholine rings is 1. The Kier molecular flexibility index (Phi) is 9.93. The van der Waals surface area contributed by atoms with E-state index in [1.54, 1.807) is 0 Å². The molecule has 3 atom stereocenters. The summed E-state index contributed by atoms with van der Waals surface area (Å²) in [6.45, 7) is 3.42. The van der Waals surface area contributed by atoms with E-state index < -0.39 is 5.97 Å². The van der Waals surface area contributed by atoms with Gasteiger partial charge < -0.3 is 14.6 Å². The van der Waals surface area contributed by atoms with Gasteiger partial charge in [-0.05, 0) is 49.1 Å². The molecule has 192 valence electrons. The van der Waals surface area contributed by atoms with Crippen molar-refractivity contribution in [1.29, 1.82) is 0 Å². The average Bonchev–Trinajstić information content (AvgIpc) is 3.20. The third kappa shape index (κ3) is 7.48. The minimum absolute atomic E-state index is 0.1000. The predicted octanol–water partition coefficient (Wildman–Crippen LogP) is 5.11. The minimum atomic E-state index is -0.757. The highest BCUT2D eigenvalue weighted by atomic mass is 16.5. The van der Waals surface area contributed by atoms with Crippen LogP contribution in [-0.2, 0) is 25.7 Å².